The van der Waals surface area contributed by atoms with Crippen LogP contribution in [-0.2, 0) is 16.4 Å². The van der Waals surface area contributed by atoms with E-state index >= 15 is 0 Å². The van der Waals surface area contributed by atoms with Crippen molar-refractivity contribution in [2.24, 2.45) is 5.92 Å². The molecule has 8 heteroatoms. The Balaban J connectivity index is 2.10. The van der Waals surface area contributed by atoms with Gasteiger partial charge in [0.2, 0.25) is 9.84 Å². The molecule has 0 spiro atoms. The Bertz CT molecular complexity index is 1010. The van der Waals surface area contributed by atoms with Crippen LogP contribution < -0.4 is 10.9 Å². The predicted molar refractivity (Wildman–Crippen MR) is 94.8 cm³/mol. The van der Waals surface area contributed by atoms with Gasteiger partial charge in [0, 0.05) is 6.54 Å². The third kappa shape index (κ3) is 3.30. The first kappa shape index (κ1) is 17.2. The van der Waals surface area contributed by atoms with Gasteiger partial charge < -0.3 is 10.4 Å². The first-order valence-electron chi connectivity index (χ1n) is 7.92. The monoisotopic (exact) mass is 361 g/mol. The van der Waals surface area contributed by atoms with Gasteiger partial charge >= 0.3 is 0 Å². The summed E-state index contributed by atoms with van der Waals surface area (Å²) in [6, 6.07) is 6.41. The van der Waals surface area contributed by atoms with E-state index in [9.17, 15) is 18.3 Å². The van der Waals surface area contributed by atoms with Crippen LogP contribution in [0.1, 0.15) is 25.8 Å². The van der Waals surface area contributed by atoms with Crippen molar-refractivity contribution in [1.29, 1.82) is 0 Å². The summed E-state index contributed by atoms with van der Waals surface area (Å²) < 4.78 is 26.2. The second-order valence-electron chi connectivity index (χ2n) is 6.31. The summed E-state index contributed by atoms with van der Waals surface area (Å²) in [5.41, 5.74) is -0.225. The third-order valence-corrected chi connectivity index (χ3v) is 5.46. The number of sulfone groups is 1. The Kier molecular flexibility index (Phi) is 4.38. The lowest BCUT2D eigenvalue weighted by molar-refractivity contribution is 0.440. The number of nitrogens with one attached hydrogen (secondary N) is 1. The van der Waals surface area contributed by atoms with E-state index in [0.717, 1.165) is 18.0 Å². The lowest BCUT2D eigenvalue weighted by Crippen LogP contribution is -2.28. The zero-order chi connectivity index (χ0) is 18.2. The Hall–Kier alpha value is -2.61. The van der Waals surface area contributed by atoms with Gasteiger partial charge in [-0.2, -0.15) is 5.10 Å². The predicted octanol–water partition coefficient (Wildman–Crippen LogP) is 2.19. The second-order valence-corrected chi connectivity index (χ2v) is 8.08. The van der Waals surface area contributed by atoms with E-state index in [2.05, 4.69) is 10.4 Å². The van der Waals surface area contributed by atoms with Crippen LogP contribution in [-0.4, -0.2) is 23.3 Å². The highest BCUT2D eigenvalue weighted by Crippen LogP contribution is 2.33. The van der Waals surface area contributed by atoms with Crippen molar-refractivity contribution in [2.75, 3.05) is 5.32 Å². The first-order chi connectivity index (χ1) is 11.8. The zero-order valence-electron chi connectivity index (χ0n) is 13.9. The zero-order valence-corrected chi connectivity index (χ0v) is 14.7. The van der Waals surface area contributed by atoms with Crippen LogP contribution in [0.3, 0.4) is 0 Å². The molecule has 3 rings (SSSR count). The molecular weight excluding hydrogens is 342 g/mol. The second kappa shape index (κ2) is 6.36. The van der Waals surface area contributed by atoms with Gasteiger partial charge in [-0.1, -0.05) is 26.0 Å². The highest BCUT2D eigenvalue weighted by atomic mass is 32.2. The van der Waals surface area contributed by atoms with E-state index in [1.807, 2.05) is 13.8 Å². The molecule has 25 heavy (non-hydrogen) atoms. The summed E-state index contributed by atoms with van der Waals surface area (Å²) in [6.45, 7) is 4.45. The number of rotatable bonds is 4. The van der Waals surface area contributed by atoms with Crippen molar-refractivity contribution in [3.05, 3.63) is 51.8 Å². The standard InChI is InChI=1S/C17H19N3O4S/c1-11(2)7-8-20-17(22)16(14(21)9-18-20)13-10-25(23,24)15-6-4-3-5-12(15)19-13/h3-6,9-11,19,21H,7-8H2,1-2H3. The van der Waals surface area contributed by atoms with Crippen LogP contribution in [0.15, 0.2) is 45.6 Å². The number of aromatic nitrogens is 2. The van der Waals surface area contributed by atoms with Gasteiger partial charge in [-0.3, -0.25) is 4.79 Å². The highest BCUT2D eigenvalue weighted by Gasteiger charge is 2.26. The van der Waals surface area contributed by atoms with Gasteiger partial charge in [0.25, 0.3) is 5.56 Å². The lowest BCUT2D eigenvalue weighted by atomic mass is 10.1. The fourth-order valence-corrected chi connectivity index (χ4v) is 3.91. The number of aromatic hydroxyl groups is 1. The summed E-state index contributed by atoms with van der Waals surface area (Å²) >= 11 is 0. The van der Waals surface area contributed by atoms with Crippen molar-refractivity contribution in [1.82, 2.24) is 9.78 Å². The van der Waals surface area contributed by atoms with E-state index in [4.69, 9.17) is 0 Å². The topological polar surface area (TPSA) is 101 Å². The van der Waals surface area contributed by atoms with Crippen LogP contribution in [0.4, 0.5) is 5.69 Å². The van der Waals surface area contributed by atoms with E-state index < -0.39 is 15.4 Å². The van der Waals surface area contributed by atoms with Crippen LogP contribution in [0, 0.1) is 5.92 Å². The van der Waals surface area contributed by atoms with Crippen LogP contribution in [0.5, 0.6) is 5.75 Å². The maximum Gasteiger partial charge on any atom is 0.279 e. The summed E-state index contributed by atoms with van der Waals surface area (Å²) in [5.74, 6) is 0.0179. The van der Waals surface area contributed by atoms with Crippen molar-refractivity contribution < 1.29 is 13.5 Å². The number of hydrogen-bond donors (Lipinski definition) is 2. The molecule has 2 N–H and O–H groups in total. The van der Waals surface area contributed by atoms with Gasteiger partial charge in [-0.15, -0.1) is 0 Å². The molecule has 1 aromatic heterocycles. The number of anilines is 1. The SMILES string of the molecule is CC(C)CCn1ncc(O)c(C2=CS(=O)(=O)c3ccccc3N2)c1=O. The average molecular weight is 361 g/mol. The number of nitrogens with zero attached hydrogens (tertiary/aromatic N) is 2. The van der Waals surface area contributed by atoms with E-state index in [-0.39, 0.29) is 21.9 Å². The maximum atomic E-state index is 12.7. The molecular formula is C17H19N3O4S. The van der Waals surface area contributed by atoms with E-state index in [1.165, 1.54) is 10.7 Å². The molecule has 1 aromatic carbocycles. The quantitative estimate of drug-likeness (QED) is 0.866. The van der Waals surface area contributed by atoms with Crippen molar-refractivity contribution in [3.8, 4) is 5.75 Å². The molecule has 0 saturated heterocycles. The molecule has 0 atom stereocenters. The minimum Gasteiger partial charge on any atom is -0.505 e. The molecule has 1 aliphatic heterocycles. The molecule has 132 valence electrons. The van der Waals surface area contributed by atoms with E-state index in [0.29, 0.717) is 18.2 Å². The fraction of sp³-hybridized carbons (Fsp3) is 0.294. The molecule has 2 heterocycles. The molecule has 1 aliphatic rings. The maximum absolute atomic E-state index is 12.7. The Morgan fingerprint density at radius 3 is 2.72 bits per heavy atom. The Morgan fingerprint density at radius 1 is 1.28 bits per heavy atom. The van der Waals surface area contributed by atoms with Crippen LogP contribution in [0.2, 0.25) is 0 Å². The van der Waals surface area contributed by atoms with Gasteiger partial charge in [-0.25, -0.2) is 13.1 Å². The number of aryl methyl sites for hydroxylation is 1. The smallest absolute Gasteiger partial charge is 0.279 e. The normalized spacial score (nSPS) is 15.4. The van der Waals surface area contributed by atoms with Gasteiger partial charge in [-0.05, 0) is 24.5 Å². The molecule has 0 aliphatic carbocycles. The van der Waals surface area contributed by atoms with Gasteiger partial charge in [0.15, 0.2) is 5.75 Å². The van der Waals surface area contributed by atoms with Crippen molar-refractivity contribution in [2.45, 2.75) is 31.7 Å². The van der Waals surface area contributed by atoms with Crippen LogP contribution >= 0.6 is 0 Å². The molecule has 2 aromatic rings. The molecule has 0 bridgehead atoms. The van der Waals surface area contributed by atoms with Gasteiger partial charge in [0.1, 0.15) is 5.56 Å². The minimum atomic E-state index is -3.72. The Morgan fingerprint density at radius 2 is 2.00 bits per heavy atom. The van der Waals surface area contributed by atoms with Crippen LogP contribution in [0.25, 0.3) is 5.70 Å². The molecule has 0 amide bonds. The number of fused-ring (bicyclic) bond motifs is 1. The number of benzene rings is 1. The molecule has 0 radical (unpaired) electrons. The highest BCUT2D eigenvalue weighted by molar-refractivity contribution is 7.94. The number of para-hydroxylation sites is 1. The number of hydrogen-bond acceptors (Lipinski definition) is 6. The summed E-state index contributed by atoms with van der Waals surface area (Å²) in [6.07, 6.45) is 1.90. The largest absolute Gasteiger partial charge is 0.505 e. The fourth-order valence-electron chi connectivity index (χ4n) is 2.61. The average Bonchev–Trinajstić information content (AvgIpc) is 2.53. The van der Waals surface area contributed by atoms with Gasteiger partial charge in [0.05, 0.1) is 27.9 Å². The minimum absolute atomic E-state index is 0.0434. The van der Waals surface area contributed by atoms with Crippen molar-refractivity contribution >= 4 is 21.2 Å². The molecule has 0 fully saturated rings. The molecule has 0 saturated carbocycles. The summed E-state index contributed by atoms with van der Waals surface area (Å²) in [4.78, 5) is 12.8. The first-order valence-corrected chi connectivity index (χ1v) is 9.46. The summed E-state index contributed by atoms with van der Waals surface area (Å²) in [7, 11) is -3.72. The third-order valence-electron chi connectivity index (χ3n) is 3.95. The van der Waals surface area contributed by atoms with Crippen molar-refractivity contribution in [3.63, 3.8) is 0 Å². The molecule has 7 nitrogen and oxygen atoms in total. The lowest BCUT2D eigenvalue weighted by Gasteiger charge is -2.20. The van der Waals surface area contributed by atoms with E-state index in [1.54, 1.807) is 18.2 Å². The summed E-state index contributed by atoms with van der Waals surface area (Å²) in [5, 5.41) is 17.9. The Labute approximate surface area is 145 Å². The molecule has 0 unspecified atom stereocenters.